The predicted molar refractivity (Wildman–Crippen MR) is 143 cm³/mol. The standard InChI is InChI=1S/C28H35N7O2/c1-4-33(5-2)27-26(37-6-3)15-24(17-31-27)28(36)34-13-11-32(12-14-34)20-25-18-30-21-35(25)19-23-9-7-22(16-29)8-10-23/h7-10,15,17-18,21H,4-6,11-14,19-20H2,1-3H3. The summed E-state index contributed by atoms with van der Waals surface area (Å²) in [6.45, 7) is 12.6. The third-order valence-corrected chi connectivity index (χ3v) is 6.72. The van der Waals surface area contributed by atoms with Gasteiger partial charge in [0.15, 0.2) is 11.6 Å². The molecule has 2 aromatic heterocycles. The topological polar surface area (TPSA) is 90.5 Å². The monoisotopic (exact) mass is 501 g/mol. The highest BCUT2D eigenvalue weighted by Gasteiger charge is 2.24. The van der Waals surface area contributed by atoms with Crippen molar-refractivity contribution in [3.05, 3.63) is 71.4 Å². The number of pyridine rings is 1. The van der Waals surface area contributed by atoms with Crippen LogP contribution in [0.5, 0.6) is 5.75 Å². The van der Waals surface area contributed by atoms with Gasteiger partial charge in [0.2, 0.25) is 0 Å². The molecule has 0 N–H and O–H groups in total. The fraction of sp³-hybridized carbons (Fsp3) is 0.429. The summed E-state index contributed by atoms with van der Waals surface area (Å²) in [6.07, 6.45) is 5.42. The van der Waals surface area contributed by atoms with Gasteiger partial charge in [0.25, 0.3) is 5.91 Å². The summed E-state index contributed by atoms with van der Waals surface area (Å²) in [5, 5.41) is 9.01. The molecule has 0 saturated carbocycles. The molecular weight excluding hydrogens is 466 g/mol. The van der Waals surface area contributed by atoms with Crippen molar-refractivity contribution in [2.75, 3.05) is 50.8 Å². The van der Waals surface area contributed by atoms with Crippen LogP contribution in [0, 0.1) is 11.3 Å². The van der Waals surface area contributed by atoms with Gasteiger partial charge < -0.3 is 19.1 Å². The Hall–Kier alpha value is -3.90. The zero-order valence-electron chi connectivity index (χ0n) is 21.9. The van der Waals surface area contributed by atoms with E-state index >= 15 is 0 Å². The lowest BCUT2D eigenvalue weighted by Gasteiger charge is -2.35. The average molecular weight is 502 g/mol. The zero-order valence-corrected chi connectivity index (χ0v) is 21.9. The highest BCUT2D eigenvalue weighted by Crippen LogP contribution is 2.27. The third kappa shape index (κ3) is 6.27. The molecule has 1 amide bonds. The predicted octanol–water partition coefficient (Wildman–Crippen LogP) is 3.40. The molecule has 1 aromatic carbocycles. The first kappa shape index (κ1) is 26.2. The third-order valence-electron chi connectivity index (χ3n) is 6.72. The Balaban J connectivity index is 1.36. The van der Waals surface area contributed by atoms with E-state index in [-0.39, 0.29) is 5.91 Å². The van der Waals surface area contributed by atoms with Crippen molar-refractivity contribution in [1.29, 1.82) is 5.26 Å². The van der Waals surface area contributed by atoms with Crippen molar-refractivity contribution in [2.45, 2.75) is 33.9 Å². The average Bonchev–Trinajstić information content (AvgIpc) is 3.37. The number of nitriles is 1. The van der Waals surface area contributed by atoms with Gasteiger partial charge >= 0.3 is 0 Å². The van der Waals surface area contributed by atoms with Gasteiger partial charge in [-0.1, -0.05) is 12.1 Å². The summed E-state index contributed by atoms with van der Waals surface area (Å²) in [5.74, 6) is 1.43. The number of ether oxygens (including phenoxy) is 1. The lowest BCUT2D eigenvalue weighted by Crippen LogP contribution is -2.48. The molecule has 0 bridgehead atoms. The van der Waals surface area contributed by atoms with Crippen LogP contribution in [0.4, 0.5) is 5.82 Å². The number of imidazole rings is 1. The van der Waals surface area contributed by atoms with Crippen molar-refractivity contribution in [3.8, 4) is 11.8 Å². The molecule has 0 atom stereocenters. The molecule has 1 fully saturated rings. The van der Waals surface area contributed by atoms with E-state index < -0.39 is 0 Å². The van der Waals surface area contributed by atoms with E-state index in [1.807, 2.05) is 54.7 Å². The van der Waals surface area contributed by atoms with Crippen molar-refractivity contribution in [1.82, 2.24) is 24.3 Å². The van der Waals surface area contributed by atoms with Gasteiger partial charge in [0.1, 0.15) is 0 Å². The molecule has 1 saturated heterocycles. The van der Waals surface area contributed by atoms with Crippen molar-refractivity contribution in [2.24, 2.45) is 0 Å². The number of nitrogens with zero attached hydrogens (tertiary/aromatic N) is 7. The number of aromatic nitrogens is 3. The van der Waals surface area contributed by atoms with Crippen LogP contribution in [0.2, 0.25) is 0 Å². The number of anilines is 1. The second kappa shape index (κ2) is 12.4. The van der Waals surface area contributed by atoms with Crippen LogP contribution in [-0.2, 0) is 13.1 Å². The lowest BCUT2D eigenvalue weighted by molar-refractivity contribution is 0.0625. The van der Waals surface area contributed by atoms with Crippen LogP contribution < -0.4 is 9.64 Å². The number of hydrogen-bond donors (Lipinski definition) is 0. The fourth-order valence-electron chi connectivity index (χ4n) is 4.60. The number of carbonyl (C=O) groups excluding carboxylic acids is 1. The molecule has 0 radical (unpaired) electrons. The second-order valence-corrected chi connectivity index (χ2v) is 9.04. The summed E-state index contributed by atoms with van der Waals surface area (Å²) < 4.78 is 7.97. The van der Waals surface area contributed by atoms with E-state index in [0.29, 0.717) is 43.1 Å². The van der Waals surface area contributed by atoms with Crippen LogP contribution >= 0.6 is 0 Å². The van der Waals surface area contributed by atoms with Gasteiger partial charge in [-0.3, -0.25) is 9.69 Å². The molecule has 0 aliphatic carbocycles. The molecular formula is C28H35N7O2. The maximum absolute atomic E-state index is 13.3. The quantitative estimate of drug-likeness (QED) is 0.421. The molecule has 37 heavy (non-hydrogen) atoms. The molecule has 4 rings (SSSR count). The van der Waals surface area contributed by atoms with Crippen LogP contribution in [0.25, 0.3) is 0 Å². The maximum Gasteiger partial charge on any atom is 0.255 e. The summed E-state index contributed by atoms with van der Waals surface area (Å²) in [4.78, 5) is 28.6. The molecule has 0 spiro atoms. The number of piperazine rings is 1. The zero-order chi connectivity index (χ0) is 26.2. The molecule has 0 unspecified atom stereocenters. The second-order valence-electron chi connectivity index (χ2n) is 9.04. The van der Waals surface area contributed by atoms with Crippen molar-refractivity contribution < 1.29 is 9.53 Å². The van der Waals surface area contributed by atoms with Gasteiger partial charge in [0, 0.05) is 64.8 Å². The van der Waals surface area contributed by atoms with Crippen LogP contribution in [0.1, 0.15) is 48.0 Å². The van der Waals surface area contributed by atoms with E-state index in [1.54, 1.807) is 6.20 Å². The summed E-state index contributed by atoms with van der Waals surface area (Å²) in [5.41, 5.74) is 3.47. The first-order chi connectivity index (χ1) is 18.1. The summed E-state index contributed by atoms with van der Waals surface area (Å²) >= 11 is 0. The van der Waals surface area contributed by atoms with E-state index in [0.717, 1.165) is 49.8 Å². The minimum Gasteiger partial charge on any atom is -0.490 e. The van der Waals surface area contributed by atoms with Crippen LogP contribution in [0.3, 0.4) is 0 Å². The van der Waals surface area contributed by atoms with E-state index in [1.165, 1.54) is 0 Å². The highest BCUT2D eigenvalue weighted by atomic mass is 16.5. The number of benzene rings is 1. The lowest BCUT2D eigenvalue weighted by atomic mass is 10.1. The van der Waals surface area contributed by atoms with Gasteiger partial charge in [-0.2, -0.15) is 5.26 Å². The Morgan fingerprint density at radius 2 is 1.78 bits per heavy atom. The van der Waals surface area contributed by atoms with Crippen molar-refractivity contribution in [3.63, 3.8) is 0 Å². The van der Waals surface area contributed by atoms with Crippen LogP contribution in [0.15, 0.2) is 49.1 Å². The van der Waals surface area contributed by atoms with E-state index in [4.69, 9.17) is 10.00 Å². The largest absolute Gasteiger partial charge is 0.490 e. The molecule has 9 nitrogen and oxygen atoms in total. The Bertz CT molecular complexity index is 1220. The molecule has 1 aliphatic heterocycles. The first-order valence-electron chi connectivity index (χ1n) is 12.9. The minimum absolute atomic E-state index is 0.00921. The number of amides is 1. The maximum atomic E-state index is 13.3. The first-order valence-corrected chi connectivity index (χ1v) is 12.9. The van der Waals surface area contributed by atoms with Crippen molar-refractivity contribution >= 4 is 11.7 Å². The van der Waals surface area contributed by atoms with E-state index in [2.05, 4.69) is 44.3 Å². The Morgan fingerprint density at radius 3 is 2.43 bits per heavy atom. The smallest absolute Gasteiger partial charge is 0.255 e. The summed E-state index contributed by atoms with van der Waals surface area (Å²) in [6, 6.07) is 11.6. The Kier molecular flexibility index (Phi) is 8.75. The highest BCUT2D eigenvalue weighted by molar-refractivity contribution is 5.94. The molecule has 3 aromatic rings. The number of hydrogen-bond acceptors (Lipinski definition) is 7. The number of rotatable bonds is 10. The Morgan fingerprint density at radius 1 is 1.05 bits per heavy atom. The Labute approximate surface area is 218 Å². The summed E-state index contributed by atoms with van der Waals surface area (Å²) in [7, 11) is 0. The van der Waals surface area contributed by atoms with E-state index in [9.17, 15) is 4.79 Å². The SMILES string of the molecule is CCOc1cc(C(=O)N2CCN(Cc3cncn3Cc3ccc(C#N)cc3)CC2)cnc1N(CC)CC. The molecule has 3 heterocycles. The van der Waals surface area contributed by atoms with Gasteiger partial charge in [-0.25, -0.2) is 9.97 Å². The molecule has 9 heteroatoms. The normalized spacial score (nSPS) is 13.8. The van der Waals surface area contributed by atoms with Gasteiger partial charge in [-0.05, 0) is 44.5 Å². The van der Waals surface area contributed by atoms with Gasteiger partial charge in [-0.15, -0.1) is 0 Å². The molecule has 194 valence electrons. The minimum atomic E-state index is -0.00921. The number of carbonyl (C=O) groups is 1. The molecule has 1 aliphatic rings. The van der Waals surface area contributed by atoms with Gasteiger partial charge in [0.05, 0.1) is 35.8 Å². The van der Waals surface area contributed by atoms with Crippen LogP contribution in [-0.4, -0.2) is 76.1 Å². The fourth-order valence-corrected chi connectivity index (χ4v) is 4.60.